The molecule has 0 aliphatic carbocycles. The summed E-state index contributed by atoms with van der Waals surface area (Å²) >= 11 is 0. The molecule has 1 atom stereocenters. The zero-order valence-electron chi connectivity index (χ0n) is 22.0. The van der Waals surface area contributed by atoms with E-state index in [0.29, 0.717) is 22.8 Å². The number of anilines is 1. The number of hydrogen-bond acceptors (Lipinski definition) is 4. The van der Waals surface area contributed by atoms with Gasteiger partial charge in [0, 0.05) is 20.7 Å². The van der Waals surface area contributed by atoms with Gasteiger partial charge in [0.2, 0.25) is 0 Å². The smallest absolute Gasteiger partial charge is 0.413 e. The first-order chi connectivity index (χ1) is 18.6. The monoisotopic (exact) mass is 538 g/mol. The Morgan fingerprint density at radius 1 is 0.923 bits per heavy atom. The molecule has 39 heavy (non-hydrogen) atoms. The SMILES string of the molecule is CC(C)(C)OC(=O)Nc1cc2ccc(C(=N)N)cc2n1Cc1cc(S(=O)c2ccccc2)cc2ccccc12. The lowest BCUT2D eigenvalue weighted by Gasteiger charge is -2.20. The number of nitrogens with zero attached hydrogens (tertiary/aromatic N) is 1. The molecule has 8 heteroatoms. The van der Waals surface area contributed by atoms with Crippen LogP contribution in [0.2, 0.25) is 0 Å². The first-order valence-corrected chi connectivity index (χ1v) is 13.7. The lowest BCUT2D eigenvalue weighted by atomic mass is 10.0. The number of fused-ring (bicyclic) bond motifs is 2. The van der Waals surface area contributed by atoms with Gasteiger partial charge in [-0.05, 0) is 73.5 Å². The second kappa shape index (κ2) is 10.4. The Hall–Kier alpha value is -4.43. The summed E-state index contributed by atoms with van der Waals surface area (Å²) in [4.78, 5) is 14.2. The largest absolute Gasteiger partial charge is 0.444 e. The van der Waals surface area contributed by atoms with E-state index in [1.807, 2.05) is 110 Å². The van der Waals surface area contributed by atoms with Crippen molar-refractivity contribution in [3.05, 3.63) is 102 Å². The third-order valence-electron chi connectivity index (χ3n) is 6.27. The van der Waals surface area contributed by atoms with Crippen molar-refractivity contribution < 1.29 is 13.7 Å². The Morgan fingerprint density at radius 3 is 2.36 bits per heavy atom. The second-order valence-corrected chi connectivity index (χ2v) is 11.8. The van der Waals surface area contributed by atoms with E-state index >= 15 is 0 Å². The van der Waals surface area contributed by atoms with Crippen LogP contribution in [0, 0.1) is 5.41 Å². The summed E-state index contributed by atoms with van der Waals surface area (Å²) < 4.78 is 21.0. The molecular formula is C31H30N4O3S. The van der Waals surface area contributed by atoms with E-state index in [-0.39, 0.29) is 5.84 Å². The number of nitrogens with one attached hydrogen (secondary N) is 2. The molecule has 0 saturated carbocycles. The molecule has 7 nitrogen and oxygen atoms in total. The lowest BCUT2D eigenvalue weighted by molar-refractivity contribution is 0.0635. The van der Waals surface area contributed by atoms with Crippen LogP contribution in [0.4, 0.5) is 10.6 Å². The molecule has 0 bridgehead atoms. The maximum Gasteiger partial charge on any atom is 0.413 e. The number of carbonyl (C=O) groups excluding carboxylic acids is 1. The lowest BCUT2D eigenvalue weighted by Crippen LogP contribution is -2.28. The number of amides is 1. The fourth-order valence-electron chi connectivity index (χ4n) is 4.55. The molecule has 5 rings (SSSR count). The molecule has 1 heterocycles. The standard InChI is InChI=1S/C31H30N4O3S/c1-31(2,3)38-30(36)34-28-18-21-13-14-22(29(32)33)17-27(21)35(28)19-23-16-25(15-20-9-7-8-12-26(20)23)39(37)24-10-5-4-6-11-24/h4-18H,19H2,1-3H3,(H3,32,33)(H,34,36). The van der Waals surface area contributed by atoms with Gasteiger partial charge in [-0.25, -0.2) is 9.00 Å². The summed E-state index contributed by atoms with van der Waals surface area (Å²) in [6.07, 6.45) is -0.567. The zero-order valence-corrected chi connectivity index (χ0v) is 22.8. The number of rotatable bonds is 6. The molecule has 198 valence electrons. The molecule has 0 saturated heterocycles. The molecule has 1 amide bonds. The Balaban J connectivity index is 1.65. The minimum absolute atomic E-state index is 0.0444. The van der Waals surface area contributed by atoms with Gasteiger partial charge in [-0.2, -0.15) is 0 Å². The Labute approximate surface area is 229 Å². The van der Waals surface area contributed by atoms with Crippen molar-refractivity contribution in [3.8, 4) is 0 Å². The summed E-state index contributed by atoms with van der Waals surface area (Å²) in [5.74, 6) is 0.496. The molecule has 1 unspecified atom stereocenters. The number of benzene rings is 4. The van der Waals surface area contributed by atoms with Crippen molar-refractivity contribution in [1.82, 2.24) is 4.57 Å². The van der Waals surface area contributed by atoms with Gasteiger partial charge in [-0.15, -0.1) is 0 Å². The minimum Gasteiger partial charge on any atom is -0.444 e. The number of ether oxygens (including phenoxy) is 1. The highest BCUT2D eigenvalue weighted by Gasteiger charge is 2.20. The average Bonchev–Trinajstić information content (AvgIpc) is 3.23. The van der Waals surface area contributed by atoms with E-state index in [9.17, 15) is 9.00 Å². The van der Waals surface area contributed by atoms with Crippen LogP contribution in [0.1, 0.15) is 31.9 Å². The van der Waals surface area contributed by atoms with Gasteiger partial charge in [-0.3, -0.25) is 10.7 Å². The maximum atomic E-state index is 13.5. The molecule has 1 aromatic heterocycles. The predicted octanol–water partition coefficient (Wildman–Crippen LogP) is 6.64. The van der Waals surface area contributed by atoms with Gasteiger partial charge in [0.25, 0.3) is 0 Å². The van der Waals surface area contributed by atoms with Crippen LogP contribution in [0.15, 0.2) is 101 Å². The highest BCUT2D eigenvalue weighted by molar-refractivity contribution is 7.85. The van der Waals surface area contributed by atoms with Crippen molar-refractivity contribution in [1.29, 1.82) is 5.41 Å². The molecule has 4 N–H and O–H groups in total. The van der Waals surface area contributed by atoms with Crippen LogP contribution in [0.25, 0.3) is 21.7 Å². The van der Waals surface area contributed by atoms with E-state index in [0.717, 1.165) is 32.1 Å². The summed E-state index contributed by atoms with van der Waals surface area (Å²) in [6.45, 7) is 5.81. The maximum absolute atomic E-state index is 13.5. The van der Waals surface area contributed by atoms with E-state index in [4.69, 9.17) is 15.9 Å². The number of aromatic nitrogens is 1. The fraction of sp³-hybridized carbons (Fsp3) is 0.161. The fourth-order valence-corrected chi connectivity index (χ4v) is 5.71. The minimum atomic E-state index is -1.37. The van der Waals surface area contributed by atoms with Crippen LogP contribution < -0.4 is 11.1 Å². The highest BCUT2D eigenvalue weighted by Crippen LogP contribution is 2.31. The molecule has 0 spiro atoms. The highest BCUT2D eigenvalue weighted by atomic mass is 32.2. The number of nitrogen functional groups attached to an aromatic ring is 1. The van der Waals surface area contributed by atoms with Crippen molar-refractivity contribution in [2.75, 3.05) is 5.32 Å². The van der Waals surface area contributed by atoms with Crippen LogP contribution in [-0.2, 0) is 22.1 Å². The average molecular weight is 539 g/mol. The van der Waals surface area contributed by atoms with Gasteiger partial charge in [-0.1, -0.05) is 54.6 Å². The van der Waals surface area contributed by atoms with Crippen LogP contribution in [0.5, 0.6) is 0 Å². The van der Waals surface area contributed by atoms with E-state index in [1.165, 1.54) is 0 Å². The summed E-state index contributed by atoms with van der Waals surface area (Å²) in [6, 6.07) is 28.6. The molecule has 5 aromatic rings. The first kappa shape index (κ1) is 26.2. The van der Waals surface area contributed by atoms with Gasteiger partial charge in [0.05, 0.1) is 22.9 Å². The van der Waals surface area contributed by atoms with Crippen molar-refractivity contribution in [3.63, 3.8) is 0 Å². The summed E-state index contributed by atoms with van der Waals surface area (Å²) in [5.41, 5.74) is 7.45. The van der Waals surface area contributed by atoms with E-state index in [1.54, 1.807) is 6.07 Å². The molecular weight excluding hydrogens is 508 g/mol. The second-order valence-electron chi connectivity index (χ2n) is 10.3. The van der Waals surface area contributed by atoms with Gasteiger partial charge in [0.15, 0.2) is 0 Å². The normalized spacial score (nSPS) is 12.4. The summed E-state index contributed by atoms with van der Waals surface area (Å²) in [5, 5.41) is 13.7. The third kappa shape index (κ3) is 5.71. The van der Waals surface area contributed by atoms with E-state index in [2.05, 4.69) is 5.32 Å². The molecule has 4 aromatic carbocycles. The third-order valence-corrected chi connectivity index (χ3v) is 7.63. The zero-order chi connectivity index (χ0) is 27.7. The number of amidine groups is 1. The topological polar surface area (TPSA) is 110 Å². The first-order valence-electron chi connectivity index (χ1n) is 12.6. The Kier molecular flexibility index (Phi) is 6.97. The van der Waals surface area contributed by atoms with Crippen molar-refractivity contribution in [2.24, 2.45) is 5.73 Å². The Bertz CT molecular complexity index is 1740. The van der Waals surface area contributed by atoms with Gasteiger partial charge in [0.1, 0.15) is 17.3 Å². The number of nitrogens with two attached hydrogens (primary N) is 1. The molecule has 0 fully saturated rings. The molecule has 0 radical (unpaired) electrons. The van der Waals surface area contributed by atoms with Crippen LogP contribution >= 0.6 is 0 Å². The Morgan fingerprint density at radius 2 is 1.64 bits per heavy atom. The summed E-state index contributed by atoms with van der Waals surface area (Å²) in [7, 11) is -1.37. The molecule has 0 aliphatic rings. The van der Waals surface area contributed by atoms with Crippen molar-refractivity contribution >= 4 is 50.2 Å². The molecule has 0 aliphatic heterocycles. The number of hydrogen-bond donors (Lipinski definition) is 3. The van der Waals surface area contributed by atoms with Gasteiger partial charge < -0.3 is 15.0 Å². The van der Waals surface area contributed by atoms with Crippen LogP contribution in [0.3, 0.4) is 0 Å². The van der Waals surface area contributed by atoms with Gasteiger partial charge >= 0.3 is 6.09 Å². The quantitative estimate of drug-likeness (QED) is 0.166. The number of carbonyl (C=O) groups is 1. The predicted molar refractivity (Wildman–Crippen MR) is 157 cm³/mol. The van der Waals surface area contributed by atoms with E-state index < -0.39 is 22.5 Å². The van der Waals surface area contributed by atoms with Crippen LogP contribution in [-0.4, -0.2) is 26.3 Å². The van der Waals surface area contributed by atoms with Crippen molar-refractivity contribution in [2.45, 2.75) is 42.7 Å².